The maximum absolute atomic E-state index is 13.1. The molecule has 2 aromatic rings. The summed E-state index contributed by atoms with van der Waals surface area (Å²) in [5.41, 5.74) is 4.22. The van der Waals surface area contributed by atoms with Gasteiger partial charge in [-0.15, -0.1) is 0 Å². The van der Waals surface area contributed by atoms with E-state index in [9.17, 15) is 10.1 Å². The Hall–Kier alpha value is -3.31. The first-order chi connectivity index (χ1) is 17.6. The Kier molecular flexibility index (Phi) is 6.18. The topological polar surface area (TPSA) is 95.2 Å². The molecule has 2 saturated carbocycles. The SMILES string of the molecule is CC=Cc1cnnc(-c2cc(C#N)c(N3CCN(C(=O)CC4CCO4)C(C4CC4)C3)nc2C2CC2)c1. The number of rotatable bonds is 7. The van der Waals surface area contributed by atoms with Gasteiger partial charge in [-0.1, -0.05) is 12.2 Å². The fourth-order valence-electron chi connectivity index (χ4n) is 5.46. The van der Waals surface area contributed by atoms with Gasteiger partial charge in [0.15, 0.2) is 0 Å². The quantitative estimate of drug-likeness (QED) is 0.588. The number of nitriles is 1. The average molecular weight is 485 g/mol. The Labute approximate surface area is 212 Å². The van der Waals surface area contributed by atoms with Crippen molar-refractivity contribution in [3.8, 4) is 17.3 Å². The summed E-state index contributed by atoms with van der Waals surface area (Å²) >= 11 is 0. The van der Waals surface area contributed by atoms with Crippen LogP contribution in [0, 0.1) is 17.2 Å². The lowest BCUT2D eigenvalue weighted by atomic mass is 10.0. The number of carbonyl (C=O) groups excluding carboxylic acids is 1. The highest BCUT2D eigenvalue weighted by molar-refractivity contribution is 5.78. The number of allylic oxidation sites excluding steroid dienone is 1. The van der Waals surface area contributed by atoms with Crippen molar-refractivity contribution in [1.82, 2.24) is 20.1 Å². The molecule has 8 heteroatoms. The third kappa shape index (κ3) is 4.60. The molecule has 4 heterocycles. The summed E-state index contributed by atoms with van der Waals surface area (Å²) in [6, 6.07) is 6.54. The monoisotopic (exact) mass is 484 g/mol. The fraction of sp³-hybridized carbons (Fsp3) is 0.536. The van der Waals surface area contributed by atoms with Gasteiger partial charge in [-0.2, -0.15) is 15.5 Å². The van der Waals surface area contributed by atoms with Crippen LogP contribution in [0.25, 0.3) is 17.3 Å². The summed E-state index contributed by atoms with van der Waals surface area (Å²) in [4.78, 5) is 22.5. The molecule has 2 saturated heterocycles. The van der Waals surface area contributed by atoms with Gasteiger partial charge in [0.05, 0.1) is 41.7 Å². The zero-order chi connectivity index (χ0) is 24.6. The maximum Gasteiger partial charge on any atom is 0.225 e. The highest BCUT2D eigenvalue weighted by Gasteiger charge is 2.42. The molecule has 4 aliphatic rings. The molecule has 0 N–H and O–H groups in total. The largest absolute Gasteiger partial charge is 0.377 e. The van der Waals surface area contributed by atoms with Crippen molar-refractivity contribution < 1.29 is 9.53 Å². The maximum atomic E-state index is 13.1. The van der Waals surface area contributed by atoms with Crippen molar-refractivity contribution in [3.05, 3.63) is 41.2 Å². The van der Waals surface area contributed by atoms with E-state index in [1.54, 1.807) is 6.20 Å². The molecule has 2 atom stereocenters. The minimum absolute atomic E-state index is 0.0882. The van der Waals surface area contributed by atoms with Crippen LogP contribution in [0.15, 0.2) is 24.4 Å². The molecule has 4 fully saturated rings. The van der Waals surface area contributed by atoms with Crippen LogP contribution in [0.1, 0.15) is 68.2 Å². The van der Waals surface area contributed by atoms with E-state index in [2.05, 4.69) is 26.1 Å². The summed E-state index contributed by atoms with van der Waals surface area (Å²) in [5.74, 6) is 1.89. The number of aromatic nitrogens is 3. The summed E-state index contributed by atoms with van der Waals surface area (Å²) < 4.78 is 5.52. The van der Waals surface area contributed by atoms with Crippen LogP contribution < -0.4 is 4.90 Å². The summed E-state index contributed by atoms with van der Waals surface area (Å²) in [6.45, 7) is 4.82. The molecule has 0 bridgehead atoms. The third-order valence-electron chi connectivity index (χ3n) is 7.83. The van der Waals surface area contributed by atoms with E-state index in [4.69, 9.17) is 9.72 Å². The molecule has 2 aliphatic heterocycles. The number of carbonyl (C=O) groups is 1. The zero-order valence-electron chi connectivity index (χ0n) is 20.8. The van der Waals surface area contributed by atoms with Crippen molar-refractivity contribution in [2.45, 2.75) is 63.5 Å². The summed E-state index contributed by atoms with van der Waals surface area (Å²) in [5, 5.41) is 18.7. The van der Waals surface area contributed by atoms with E-state index in [-0.39, 0.29) is 18.1 Å². The standard InChI is InChI=1S/C28H32N6O2/c1-2-3-18-12-24(32-30-16-18)23-13-21(15-29)28(31-27(23)20-6-7-20)33-9-10-34(25(17-33)19-4-5-19)26(35)14-22-8-11-36-22/h2-3,12-13,16,19-20,22,25H,4-11,14,17H2,1H3. The summed E-state index contributed by atoms with van der Waals surface area (Å²) in [6.07, 6.45) is 11.8. The second-order valence-electron chi connectivity index (χ2n) is 10.5. The molecule has 186 valence electrons. The van der Waals surface area contributed by atoms with Crippen LogP contribution in [0.5, 0.6) is 0 Å². The van der Waals surface area contributed by atoms with E-state index in [1.807, 2.05) is 31.2 Å². The number of amides is 1. The number of hydrogen-bond donors (Lipinski definition) is 0. The van der Waals surface area contributed by atoms with Crippen LogP contribution in [0.2, 0.25) is 0 Å². The van der Waals surface area contributed by atoms with E-state index in [0.29, 0.717) is 36.9 Å². The third-order valence-corrected chi connectivity index (χ3v) is 7.83. The highest BCUT2D eigenvalue weighted by Crippen LogP contribution is 2.45. The normalized spacial score (nSPS) is 24.0. The molecule has 2 unspecified atom stereocenters. The highest BCUT2D eigenvalue weighted by atomic mass is 16.5. The van der Waals surface area contributed by atoms with E-state index in [0.717, 1.165) is 73.6 Å². The van der Waals surface area contributed by atoms with Gasteiger partial charge in [-0.25, -0.2) is 4.98 Å². The molecule has 2 aromatic heterocycles. The van der Waals surface area contributed by atoms with Crippen LogP contribution >= 0.6 is 0 Å². The van der Waals surface area contributed by atoms with Gasteiger partial charge in [0.25, 0.3) is 0 Å². The van der Waals surface area contributed by atoms with Crippen molar-refractivity contribution in [3.63, 3.8) is 0 Å². The van der Waals surface area contributed by atoms with E-state index >= 15 is 0 Å². The minimum Gasteiger partial charge on any atom is -0.377 e. The Bertz CT molecular complexity index is 1230. The Morgan fingerprint density at radius 3 is 2.72 bits per heavy atom. The summed E-state index contributed by atoms with van der Waals surface area (Å²) in [7, 11) is 0. The number of nitrogens with zero attached hydrogens (tertiary/aromatic N) is 6. The molecule has 1 amide bonds. The average Bonchev–Trinajstić information content (AvgIpc) is 3.79. The van der Waals surface area contributed by atoms with Gasteiger partial charge >= 0.3 is 0 Å². The van der Waals surface area contributed by atoms with Gasteiger partial charge in [-0.05, 0) is 62.6 Å². The molecule has 36 heavy (non-hydrogen) atoms. The lowest BCUT2D eigenvalue weighted by Gasteiger charge is -2.43. The van der Waals surface area contributed by atoms with Gasteiger partial charge in [-0.3, -0.25) is 4.79 Å². The molecule has 2 aliphatic carbocycles. The molecule has 8 nitrogen and oxygen atoms in total. The fourth-order valence-corrected chi connectivity index (χ4v) is 5.46. The zero-order valence-corrected chi connectivity index (χ0v) is 20.8. The van der Waals surface area contributed by atoms with Crippen molar-refractivity contribution in [2.75, 3.05) is 31.1 Å². The predicted molar refractivity (Wildman–Crippen MR) is 136 cm³/mol. The molecule has 6 rings (SSSR count). The lowest BCUT2D eigenvalue weighted by molar-refractivity contribution is -0.142. The number of hydrogen-bond acceptors (Lipinski definition) is 7. The smallest absolute Gasteiger partial charge is 0.225 e. The Balaban J connectivity index is 1.30. The minimum atomic E-state index is 0.0882. The second-order valence-corrected chi connectivity index (χ2v) is 10.5. The predicted octanol–water partition coefficient (Wildman–Crippen LogP) is 3.93. The first-order valence-electron chi connectivity index (χ1n) is 13.2. The van der Waals surface area contributed by atoms with Crippen molar-refractivity contribution >= 4 is 17.8 Å². The number of piperazine rings is 1. The molecule has 0 radical (unpaired) electrons. The Morgan fingerprint density at radius 2 is 2.06 bits per heavy atom. The van der Waals surface area contributed by atoms with Crippen LogP contribution in [0.4, 0.5) is 5.82 Å². The van der Waals surface area contributed by atoms with Gasteiger partial charge in [0.2, 0.25) is 5.91 Å². The second kappa shape index (κ2) is 9.62. The van der Waals surface area contributed by atoms with Gasteiger partial charge in [0, 0.05) is 37.7 Å². The van der Waals surface area contributed by atoms with E-state index in [1.165, 1.54) is 0 Å². The number of ether oxygens (including phenoxy) is 1. The molecule has 0 aromatic carbocycles. The Morgan fingerprint density at radius 1 is 1.22 bits per heavy atom. The van der Waals surface area contributed by atoms with Crippen molar-refractivity contribution in [1.29, 1.82) is 5.26 Å². The van der Waals surface area contributed by atoms with Gasteiger partial charge in [0.1, 0.15) is 11.9 Å². The van der Waals surface area contributed by atoms with E-state index < -0.39 is 0 Å². The first-order valence-corrected chi connectivity index (χ1v) is 13.2. The molecular weight excluding hydrogens is 452 g/mol. The van der Waals surface area contributed by atoms with Crippen LogP contribution in [-0.4, -0.2) is 64.4 Å². The first kappa shape index (κ1) is 23.1. The van der Waals surface area contributed by atoms with Crippen LogP contribution in [-0.2, 0) is 9.53 Å². The number of pyridine rings is 1. The van der Waals surface area contributed by atoms with Crippen LogP contribution in [0.3, 0.4) is 0 Å². The number of anilines is 1. The van der Waals surface area contributed by atoms with Gasteiger partial charge < -0.3 is 14.5 Å². The molecular formula is C28H32N6O2. The van der Waals surface area contributed by atoms with Crippen molar-refractivity contribution in [2.24, 2.45) is 5.92 Å². The molecule has 0 spiro atoms. The lowest BCUT2D eigenvalue weighted by Crippen LogP contribution is -2.57.